The van der Waals surface area contributed by atoms with Crippen LogP contribution < -0.4 is 15.9 Å². The van der Waals surface area contributed by atoms with E-state index in [0.29, 0.717) is 22.5 Å². The molecule has 2 aromatic carbocycles. The first kappa shape index (κ1) is 18.4. The van der Waals surface area contributed by atoms with Crippen LogP contribution in [-0.2, 0) is 4.79 Å². The van der Waals surface area contributed by atoms with Gasteiger partial charge in [0.15, 0.2) is 5.82 Å². The number of nitrogen functional groups attached to an aromatic ring is 1. The van der Waals surface area contributed by atoms with Gasteiger partial charge in [0.2, 0.25) is 11.1 Å². The number of nitrogens with zero attached hydrogens (tertiary/aromatic N) is 3. The van der Waals surface area contributed by atoms with E-state index >= 15 is 0 Å². The van der Waals surface area contributed by atoms with Crippen LogP contribution in [0.1, 0.15) is 30.1 Å². The number of ether oxygens (including phenoxy) is 1. The fourth-order valence-electron chi connectivity index (χ4n) is 2.68. The zero-order chi connectivity index (χ0) is 19.5. The van der Waals surface area contributed by atoms with Crippen molar-refractivity contribution < 1.29 is 9.53 Å². The van der Waals surface area contributed by atoms with Gasteiger partial charge in [-0.3, -0.25) is 4.79 Å². The molecule has 1 aromatic heterocycles. The Kier molecular flexibility index (Phi) is 5.21. The monoisotopic (exact) mass is 395 g/mol. The number of carbonyl (C=O) groups excluding carboxylic acids is 1. The zero-order valence-corrected chi connectivity index (χ0v) is 16.3. The Morgan fingerprint density at radius 1 is 1.14 bits per heavy atom. The van der Waals surface area contributed by atoms with Crippen molar-refractivity contribution in [2.75, 3.05) is 16.9 Å². The number of thioether (sulfide) groups is 1. The molecule has 3 aromatic rings. The number of aromatic nitrogens is 3. The van der Waals surface area contributed by atoms with E-state index in [1.807, 2.05) is 55.5 Å². The second-order valence-electron chi connectivity index (χ2n) is 6.76. The third-order valence-electron chi connectivity index (χ3n) is 4.36. The maximum Gasteiger partial charge on any atom is 0.234 e. The summed E-state index contributed by atoms with van der Waals surface area (Å²) >= 11 is 1.27. The van der Waals surface area contributed by atoms with E-state index in [2.05, 4.69) is 15.5 Å². The highest BCUT2D eigenvalue weighted by atomic mass is 32.2. The molecule has 1 saturated carbocycles. The topological polar surface area (TPSA) is 95.1 Å². The van der Waals surface area contributed by atoms with E-state index in [4.69, 9.17) is 10.6 Å². The van der Waals surface area contributed by atoms with Crippen molar-refractivity contribution >= 4 is 23.4 Å². The lowest BCUT2D eigenvalue weighted by atomic mass is 10.2. The highest BCUT2D eigenvalue weighted by molar-refractivity contribution is 7.99. The smallest absolute Gasteiger partial charge is 0.234 e. The van der Waals surface area contributed by atoms with Gasteiger partial charge in [-0.2, -0.15) is 0 Å². The number of carbonyl (C=O) groups is 1. The molecule has 4 rings (SSSR count). The highest BCUT2D eigenvalue weighted by Crippen LogP contribution is 2.39. The summed E-state index contributed by atoms with van der Waals surface area (Å²) in [6, 6.07) is 15.1. The molecule has 0 unspecified atom stereocenters. The third-order valence-corrected chi connectivity index (χ3v) is 5.30. The van der Waals surface area contributed by atoms with Crippen molar-refractivity contribution in [2.45, 2.75) is 30.8 Å². The normalized spacial score (nSPS) is 13.3. The van der Waals surface area contributed by atoms with Gasteiger partial charge < -0.3 is 15.9 Å². The van der Waals surface area contributed by atoms with Crippen LogP contribution in [0.2, 0.25) is 0 Å². The number of hydrogen-bond donors (Lipinski definition) is 2. The van der Waals surface area contributed by atoms with E-state index in [0.717, 1.165) is 24.4 Å². The minimum absolute atomic E-state index is 0.131. The largest absolute Gasteiger partial charge is 0.457 e. The van der Waals surface area contributed by atoms with E-state index < -0.39 is 0 Å². The average molecular weight is 395 g/mol. The van der Waals surface area contributed by atoms with E-state index in [-0.39, 0.29) is 11.7 Å². The van der Waals surface area contributed by atoms with Gasteiger partial charge in [-0.15, -0.1) is 10.2 Å². The van der Waals surface area contributed by atoms with Gasteiger partial charge >= 0.3 is 0 Å². The Bertz CT molecular complexity index is 965. The summed E-state index contributed by atoms with van der Waals surface area (Å²) in [5, 5.41) is 11.6. The maximum absolute atomic E-state index is 12.2. The first-order valence-electron chi connectivity index (χ1n) is 9.06. The molecule has 144 valence electrons. The van der Waals surface area contributed by atoms with Crippen LogP contribution in [0.5, 0.6) is 11.5 Å². The fourth-order valence-corrected chi connectivity index (χ4v) is 3.35. The highest BCUT2D eigenvalue weighted by Gasteiger charge is 2.30. The van der Waals surface area contributed by atoms with Gasteiger partial charge in [-0.25, -0.2) is 4.68 Å². The number of amides is 1. The van der Waals surface area contributed by atoms with Crippen LogP contribution >= 0.6 is 11.8 Å². The standard InChI is InChI=1S/C20H21N5O2S/c1-13-2-8-16(9-3-13)27-17-10-6-15(7-11-17)22-18(26)12-28-20-24-23-19(25(20)21)14-4-5-14/h2-3,6-11,14H,4-5,12,21H2,1H3,(H,22,26). The van der Waals surface area contributed by atoms with Crippen LogP contribution in [0.4, 0.5) is 5.69 Å². The molecule has 1 aliphatic carbocycles. The van der Waals surface area contributed by atoms with Crippen LogP contribution in [0, 0.1) is 6.92 Å². The van der Waals surface area contributed by atoms with Crippen molar-refractivity contribution in [3.63, 3.8) is 0 Å². The number of anilines is 1. The molecule has 8 heteroatoms. The quantitative estimate of drug-likeness (QED) is 0.468. The minimum Gasteiger partial charge on any atom is -0.457 e. The van der Waals surface area contributed by atoms with E-state index in [1.165, 1.54) is 22.0 Å². The zero-order valence-electron chi connectivity index (χ0n) is 15.5. The molecule has 0 saturated heterocycles. The molecule has 0 bridgehead atoms. The van der Waals surface area contributed by atoms with Gasteiger partial charge in [0.25, 0.3) is 0 Å². The molecule has 0 atom stereocenters. The second kappa shape index (κ2) is 7.93. The number of aryl methyl sites for hydroxylation is 1. The maximum atomic E-state index is 12.2. The lowest BCUT2D eigenvalue weighted by Gasteiger charge is -2.08. The van der Waals surface area contributed by atoms with Gasteiger partial charge in [0.05, 0.1) is 5.75 Å². The Hall–Kier alpha value is -3.00. The molecule has 1 fully saturated rings. The van der Waals surface area contributed by atoms with E-state index in [9.17, 15) is 4.79 Å². The lowest BCUT2D eigenvalue weighted by Crippen LogP contribution is -2.17. The number of nitrogens with one attached hydrogen (secondary N) is 1. The molecule has 0 radical (unpaired) electrons. The summed E-state index contributed by atoms with van der Waals surface area (Å²) < 4.78 is 7.28. The average Bonchev–Trinajstić information content (AvgIpc) is 3.47. The fraction of sp³-hybridized carbons (Fsp3) is 0.250. The summed E-state index contributed by atoms with van der Waals surface area (Å²) in [7, 11) is 0. The van der Waals surface area contributed by atoms with Gasteiger partial charge in [-0.05, 0) is 56.2 Å². The molecule has 1 aliphatic rings. The molecule has 7 nitrogen and oxygen atoms in total. The molecular formula is C20H21N5O2S. The van der Waals surface area contributed by atoms with Crippen LogP contribution in [0.25, 0.3) is 0 Å². The Balaban J connectivity index is 1.29. The first-order chi connectivity index (χ1) is 13.6. The Morgan fingerprint density at radius 3 is 2.43 bits per heavy atom. The molecule has 1 heterocycles. The van der Waals surface area contributed by atoms with Crippen molar-refractivity contribution in [1.29, 1.82) is 0 Å². The third kappa shape index (κ3) is 4.45. The minimum atomic E-state index is -0.131. The first-order valence-corrected chi connectivity index (χ1v) is 10.0. The number of rotatable bonds is 7. The van der Waals surface area contributed by atoms with E-state index in [1.54, 1.807) is 0 Å². The van der Waals surface area contributed by atoms with Gasteiger partial charge in [-0.1, -0.05) is 29.5 Å². The predicted molar refractivity (Wildman–Crippen MR) is 109 cm³/mol. The lowest BCUT2D eigenvalue weighted by molar-refractivity contribution is -0.113. The van der Waals surface area contributed by atoms with Crippen molar-refractivity contribution in [1.82, 2.24) is 14.9 Å². The summed E-state index contributed by atoms with van der Waals surface area (Å²) in [6.07, 6.45) is 2.20. The van der Waals surface area contributed by atoms with Crippen LogP contribution in [0.15, 0.2) is 53.7 Å². The van der Waals surface area contributed by atoms with Crippen LogP contribution in [0.3, 0.4) is 0 Å². The summed E-state index contributed by atoms with van der Waals surface area (Å²) in [5.74, 6) is 8.77. The van der Waals surface area contributed by atoms with Crippen LogP contribution in [-0.4, -0.2) is 26.5 Å². The predicted octanol–water partition coefficient (Wildman–Crippen LogP) is 3.70. The molecule has 0 aliphatic heterocycles. The summed E-state index contributed by atoms with van der Waals surface area (Å²) in [4.78, 5) is 12.2. The Morgan fingerprint density at radius 2 is 1.79 bits per heavy atom. The summed E-state index contributed by atoms with van der Waals surface area (Å²) in [5.41, 5.74) is 1.88. The molecule has 28 heavy (non-hydrogen) atoms. The number of benzene rings is 2. The SMILES string of the molecule is Cc1ccc(Oc2ccc(NC(=O)CSc3nnc(C4CC4)n3N)cc2)cc1. The molecule has 0 spiro atoms. The van der Waals surface area contributed by atoms with Crippen molar-refractivity contribution in [2.24, 2.45) is 0 Å². The van der Waals surface area contributed by atoms with Gasteiger partial charge in [0, 0.05) is 11.6 Å². The second-order valence-corrected chi connectivity index (χ2v) is 7.70. The van der Waals surface area contributed by atoms with Crippen molar-refractivity contribution in [3.8, 4) is 11.5 Å². The number of hydrogen-bond acceptors (Lipinski definition) is 6. The number of nitrogens with two attached hydrogens (primary N) is 1. The molecule has 3 N–H and O–H groups in total. The van der Waals surface area contributed by atoms with Crippen molar-refractivity contribution in [3.05, 3.63) is 59.9 Å². The van der Waals surface area contributed by atoms with Gasteiger partial charge in [0.1, 0.15) is 11.5 Å². The Labute approximate surface area is 167 Å². The molecule has 1 amide bonds. The summed E-state index contributed by atoms with van der Waals surface area (Å²) in [6.45, 7) is 2.03. The molecular weight excluding hydrogens is 374 g/mol.